The van der Waals surface area contributed by atoms with E-state index in [1.807, 2.05) is 0 Å². The van der Waals surface area contributed by atoms with Gasteiger partial charge in [0, 0.05) is 12.1 Å². The number of rotatable bonds is 3. The van der Waals surface area contributed by atoms with Crippen molar-refractivity contribution in [3.05, 3.63) is 35.4 Å². The van der Waals surface area contributed by atoms with Crippen molar-refractivity contribution in [3.63, 3.8) is 0 Å². The molecule has 2 unspecified atom stereocenters. The summed E-state index contributed by atoms with van der Waals surface area (Å²) >= 11 is 0. The Morgan fingerprint density at radius 3 is 2.58 bits per heavy atom. The van der Waals surface area contributed by atoms with E-state index in [0.29, 0.717) is 17.5 Å². The second-order valence-electron chi connectivity index (χ2n) is 7.21. The summed E-state index contributed by atoms with van der Waals surface area (Å²) in [6.45, 7) is 7.15. The van der Waals surface area contributed by atoms with Crippen molar-refractivity contribution in [2.75, 3.05) is 0 Å². The van der Waals surface area contributed by atoms with Gasteiger partial charge in [-0.1, -0.05) is 44.5 Å². The lowest BCUT2D eigenvalue weighted by Crippen LogP contribution is -2.42. The van der Waals surface area contributed by atoms with Gasteiger partial charge in [-0.05, 0) is 55.1 Å². The lowest BCUT2D eigenvalue weighted by Gasteiger charge is -2.41. The number of nitrogens with one attached hydrogen (secondary N) is 1. The minimum atomic E-state index is 0.342. The number of fused-ring (bicyclic) bond motifs is 1. The number of benzene rings is 1. The van der Waals surface area contributed by atoms with E-state index in [2.05, 4.69) is 50.4 Å². The summed E-state index contributed by atoms with van der Waals surface area (Å²) in [4.78, 5) is 0. The molecule has 1 nitrogen and oxygen atoms in total. The fraction of sp³-hybridized carbons (Fsp3) is 0.667. The molecule has 0 radical (unpaired) electrons. The highest BCUT2D eigenvalue weighted by atomic mass is 15.0. The fourth-order valence-electron chi connectivity index (χ4n) is 3.78. The zero-order valence-corrected chi connectivity index (χ0v) is 12.6. The van der Waals surface area contributed by atoms with E-state index in [1.165, 1.54) is 32.1 Å². The van der Waals surface area contributed by atoms with Crippen molar-refractivity contribution in [2.24, 2.45) is 5.92 Å². The highest BCUT2D eigenvalue weighted by Crippen LogP contribution is 2.42. The first-order chi connectivity index (χ1) is 9.08. The molecule has 0 spiro atoms. The predicted molar refractivity (Wildman–Crippen MR) is 81.4 cm³/mol. The quantitative estimate of drug-likeness (QED) is 0.836. The van der Waals surface area contributed by atoms with Crippen LogP contribution in [0.4, 0.5) is 0 Å². The van der Waals surface area contributed by atoms with Crippen LogP contribution in [0.15, 0.2) is 24.3 Å². The number of hydrogen-bond donors (Lipinski definition) is 1. The molecule has 19 heavy (non-hydrogen) atoms. The zero-order chi connectivity index (χ0) is 13.5. The largest absolute Gasteiger partial charge is 0.307 e. The normalized spacial score (nSPS) is 27.4. The Labute approximate surface area is 117 Å². The van der Waals surface area contributed by atoms with Crippen molar-refractivity contribution in [1.29, 1.82) is 0 Å². The van der Waals surface area contributed by atoms with Gasteiger partial charge in [-0.3, -0.25) is 0 Å². The molecule has 0 amide bonds. The summed E-state index contributed by atoms with van der Waals surface area (Å²) in [5.74, 6) is 0.919. The van der Waals surface area contributed by atoms with E-state index in [0.717, 1.165) is 5.92 Å². The Balaban J connectivity index is 1.80. The van der Waals surface area contributed by atoms with Crippen molar-refractivity contribution < 1.29 is 0 Å². The van der Waals surface area contributed by atoms with Crippen LogP contribution >= 0.6 is 0 Å². The maximum absolute atomic E-state index is 3.91. The lowest BCUT2D eigenvalue weighted by molar-refractivity contribution is 0.215. The summed E-state index contributed by atoms with van der Waals surface area (Å²) in [7, 11) is 0. The van der Waals surface area contributed by atoms with Crippen LogP contribution in [0.25, 0.3) is 0 Å². The Morgan fingerprint density at radius 2 is 1.89 bits per heavy atom. The molecular weight excluding hydrogens is 230 g/mol. The maximum Gasteiger partial charge on any atom is 0.0325 e. The molecule has 0 bridgehead atoms. The standard InChI is InChI=1S/C18H27N/c1-13(14-7-6-8-14)19-17-11-12-18(2,3)16-10-5-4-9-15(16)17/h4-5,9-10,13-14,17,19H,6-8,11-12H2,1-3H3. The summed E-state index contributed by atoms with van der Waals surface area (Å²) in [5, 5.41) is 3.91. The predicted octanol–water partition coefficient (Wildman–Crippen LogP) is 4.58. The van der Waals surface area contributed by atoms with Crippen LogP contribution in [-0.2, 0) is 5.41 Å². The summed E-state index contributed by atoms with van der Waals surface area (Å²) in [6, 6.07) is 10.3. The van der Waals surface area contributed by atoms with Gasteiger partial charge < -0.3 is 5.32 Å². The molecule has 0 aliphatic heterocycles. The minimum Gasteiger partial charge on any atom is -0.307 e. The van der Waals surface area contributed by atoms with Gasteiger partial charge in [-0.25, -0.2) is 0 Å². The second-order valence-corrected chi connectivity index (χ2v) is 7.21. The molecule has 2 atom stereocenters. The molecule has 0 saturated heterocycles. The van der Waals surface area contributed by atoms with Crippen LogP contribution in [0.2, 0.25) is 0 Å². The molecular formula is C18H27N. The van der Waals surface area contributed by atoms with Gasteiger partial charge in [0.05, 0.1) is 0 Å². The molecule has 1 heteroatoms. The zero-order valence-electron chi connectivity index (χ0n) is 12.6. The number of hydrogen-bond acceptors (Lipinski definition) is 1. The Bertz CT molecular complexity index is 445. The van der Waals surface area contributed by atoms with Crippen LogP contribution in [0.3, 0.4) is 0 Å². The molecule has 2 aliphatic rings. The van der Waals surface area contributed by atoms with E-state index in [9.17, 15) is 0 Å². The third-order valence-electron chi connectivity index (χ3n) is 5.44. The van der Waals surface area contributed by atoms with Crippen molar-refractivity contribution in [2.45, 2.75) is 70.4 Å². The van der Waals surface area contributed by atoms with E-state index in [1.54, 1.807) is 11.1 Å². The van der Waals surface area contributed by atoms with Gasteiger partial charge in [-0.15, -0.1) is 0 Å². The molecule has 1 fully saturated rings. The van der Waals surface area contributed by atoms with E-state index < -0.39 is 0 Å². The van der Waals surface area contributed by atoms with Crippen LogP contribution < -0.4 is 5.32 Å². The third-order valence-corrected chi connectivity index (χ3v) is 5.44. The first-order valence-electron chi connectivity index (χ1n) is 7.93. The van der Waals surface area contributed by atoms with E-state index >= 15 is 0 Å². The molecule has 1 N–H and O–H groups in total. The Morgan fingerprint density at radius 1 is 1.16 bits per heavy atom. The van der Waals surface area contributed by atoms with Gasteiger partial charge in [-0.2, -0.15) is 0 Å². The average Bonchev–Trinajstić information content (AvgIpc) is 2.31. The Kier molecular flexibility index (Phi) is 3.42. The SMILES string of the molecule is CC(NC1CCC(C)(C)c2ccccc21)C1CCC1. The van der Waals surface area contributed by atoms with Gasteiger partial charge in [0.25, 0.3) is 0 Å². The first-order valence-corrected chi connectivity index (χ1v) is 7.93. The first kappa shape index (κ1) is 13.2. The third kappa shape index (κ3) is 2.45. The average molecular weight is 257 g/mol. The highest BCUT2D eigenvalue weighted by Gasteiger charge is 2.34. The lowest BCUT2D eigenvalue weighted by atomic mass is 9.70. The molecule has 2 aliphatic carbocycles. The summed E-state index contributed by atoms with van der Waals surface area (Å²) < 4.78 is 0. The topological polar surface area (TPSA) is 12.0 Å². The van der Waals surface area contributed by atoms with E-state index in [4.69, 9.17) is 0 Å². The smallest absolute Gasteiger partial charge is 0.0325 e. The molecule has 1 saturated carbocycles. The van der Waals surface area contributed by atoms with Gasteiger partial charge in [0.15, 0.2) is 0 Å². The van der Waals surface area contributed by atoms with Crippen LogP contribution in [-0.4, -0.2) is 6.04 Å². The van der Waals surface area contributed by atoms with Gasteiger partial charge in [0.2, 0.25) is 0 Å². The molecule has 0 aromatic heterocycles. The highest BCUT2D eigenvalue weighted by molar-refractivity contribution is 5.38. The maximum atomic E-state index is 3.91. The van der Waals surface area contributed by atoms with Crippen molar-refractivity contribution in [3.8, 4) is 0 Å². The molecule has 104 valence electrons. The van der Waals surface area contributed by atoms with Gasteiger partial charge in [0.1, 0.15) is 0 Å². The van der Waals surface area contributed by atoms with Crippen LogP contribution in [0, 0.1) is 5.92 Å². The van der Waals surface area contributed by atoms with Gasteiger partial charge >= 0.3 is 0 Å². The van der Waals surface area contributed by atoms with E-state index in [-0.39, 0.29) is 0 Å². The molecule has 1 aromatic carbocycles. The Hall–Kier alpha value is -0.820. The van der Waals surface area contributed by atoms with Crippen LogP contribution in [0.5, 0.6) is 0 Å². The molecule has 3 rings (SSSR count). The summed E-state index contributed by atoms with van der Waals surface area (Å²) in [5.41, 5.74) is 3.44. The molecule has 1 aromatic rings. The fourth-order valence-corrected chi connectivity index (χ4v) is 3.78. The van der Waals surface area contributed by atoms with Crippen LogP contribution in [0.1, 0.15) is 70.0 Å². The summed E-state index contributed by atoms with van der Waals surface area (Å²) in [6.07, 6.45) is 6.85. The van der Waals surface area contributed by atoms with Crippen molar-refractivity contribution >= 4 is 0 Å². The van der Waals surface area contributed by atoms with Crippen molar-refractivity contribution in [1.82, 2.24) is 5.32 Å². The molecule has 0 heterocycles. The monoisotopic (exact) mass is 257 g/mol. The minimum absolute atomic E-state index is 0.342. The second kappa shape index (κ2) is 4.94.